The number of amides is 3. The van der Waals surface area contributed by atoms with E-state index in [9.17, 15) is 19.5 Å². The van der Waals surface area contributed by atoms with Gasteiger partial charge in [0.1, 0.15) is 23.4 Å². The Balaban J connectivity index is 2.05. The molecule has 3 rings (SSSR count). The topological polar surface area (TPSA) is 108 Å². The van der Waals surface area contributed by atoms with Crippen molar-refractivity contribution in [2.45, 2.75) is 72.1 Å². The summed E-state index contributed by atoms with van der Waals surface area (Å²) in [6.07, 6.45) is 0.0611. The first kappa shape index (κ1) is 31.2. The number of hydrogen-bond acceptors (Lipinski definition) is 5. The van der Waals surface area contributed by atoms with Crippen LogP contribution in [-0.2, 0) is 20.7 Å². The molecular formula is C33H41N3O5. The minimum Gasteiger partial charge on any atom is -0.508 e. The van der Waals surface area contributed by atoms with Crippen LogP contribution in [-0.4, -0.2) is 46.1 Å². The summed E-state index contributed by atoms with van der Waals surface area (Å²) in [5.41, 5.74) is 3.09. The van der Waals surface area contributed by atoms with Gasteiger partial charge in [0.25, 0.3) is 5.91 Å². The molecule has 3 amide bonds. The average molecular weight is 560 g/mol. The van der Waals surface area contributed by atoms with Gasteiger partial charge in [0.2, 0.25) is 5.91 Å². The zero-order valence-corrected chi connectivity index (χ0v) is 24.7. The van der Waals surface area contributed by atoms with Crippen LogP contribution in [0.5, 0.6) is 5.75 Å². The molecule has 0 aliphatic carbocycles. The van der Waals surface area contributed by atoms with Gasteiger partial charge in [0.05, 0.1) is 0 Å². The number of ether oxygens (including phenoxy) is 1. The molecule has 0 aliphatic rings. The van der Waals surface area contributed by atoms with Crippen LogP contribution in [0.4, 0.5) is 10.5 Å². The Morgan fingerprint density at radius 2 is 1.51 bits per heavy atom. The van der Waals surface area contributed by atoms with Crippen LogP contribution < -0.4 is 10.6 Å². The maximum absolute atomic E-state index is 14.3. The van der Waals surface area contributed by atoms with E-state index in [0.29, 0.717) is 17.7 Å². The lowest BCUT2D eigenvalue weighted by atomic mass is 9.99. The number of aryl methyl sites for hydroxylation is 2. The van der Waals surface area contributed by atoms with Gasteiger partial charge in [-0.15, -0.1) is 0 Å². The number of carbonyl (C=O) groups is 3. The number of anilines is 1. The van der Waals surface area contributed by atoms with Crippen molar-refractivity contribution >= 4 is 23.6 Å². The summed E-state index contributed by atoms with van der Waals surface area (Å²) < 4.78 is 5.48. The van der Waals surface area contributed by atoms with E-state index in [1.165, 1.54) is 17.0 Å². The van der Waals surface area contributed by atoms with Crippen molar-refractivity contribution in [3.63, 3.8) is 0 Å². The molecule has 8 nitrogen and oxygen atoms in total. The third kappa shape index (κ3) is 8.83. The van der Waals surface area contributed by atoms with Gasteiger partial charge in [-0.2, -0.15) is 0 Å². The lowest BCUT2D eigenvalue weighted by molar-refractivity contribution is -0.140. The summed E-state index contributed by atoms with van der Waals surface area (Å²) in [7, 11) is 0. The third-order valence-corrected chi connectivity index (χ3v) is 6.52. The molecule has 3 aromatic carbocycles. The molecule has 2 atom stereocenters. The van der Waals surface area contributed by atoms with E-state index < -0.39 is 35.6 Å². The SMILES string of the molecule is CCCN(C(=O)C(Cc1ccccc1)NC(=O)OC(C)(C)C)C(C(=O)Nc1c(C)cccc1C)c1ccc(O)cc1. The molecular weight excluding hydrogens is 518 g/mol. The molecule has 8 heteroatoms. The van der Waals surface area contributed by atoms with E-state index in [4.69, 9.17) is 4.74 Å². The second kappa shape index (κ2) is 13.8. The minimum atomic E-state index is -1.03. The Morgan fingerprint density at radius 1 is 0.902 bits per heavy atom. The maximum Gasteiger partial charge on any atom is 0.408 e. The van der Waals surface area contributed by atoms with Crippen LogP contribution in [0, 0.1) is 13.8 Å². The Bertz CT molecular complexity index is 1310. The summed E-state index contributed by atoms with van der Waals surface area (Å²) in [6.45, 7) is 11.3. The fourth-order valence-corrected chi connectivity index (χ4v) is 4.64. The molecule has 0 spiro atoms. The lowest BCUT2D eigenvalue weighted by Crippen LogP contribution is -2.53. The molecule has 0 bridgehead atoms. The molecule has 0 saturated carbocycles. The molecule has 3 N–H and O–H groups in total. The minimum absolute atomic E-state index is 0.0459. The molecule has 0 aromatic heterocycles. The number of alkyl carbamates (subject to hydrolysis) is 1. The average Bonchev–Trinajstić information content (AvgIpc) is 2.90. The van der Waals surface area contributed by atoms with Crippen LogP contribution >= 0.6 is 0 Å². The van der Waals surface area contributed by atoms with Gasteiger partial charge in [0, 0.05) is 18.7 Å². The van der Waals surface area contributed by atoms with E-state index in [1.54, 1.807) is 32.9 Å². The van der Waals surface area contributed by atoms with Gasteiger partial charge in [-0.25, -0.2) is 4.79 Å². The largest absolute Gasteiger partial charge is 0.508 e. The van der Waals surface area contributed by atoms with Crippen molar-refractivity contribution in [3.05, 3.63) is 95.1 Å². The monoisotopic (exact) mass is 559 g/mol. The first-order chi connectivity index (χ1) is 19.4. The summed E-state index contributed by atoms with van der Waals surface area (Å²) in [5, 5.41) is 15.7. The van der Waals surface area contributed by atoms with E-state index >= 15 is 0 Å². The number of phenols is 1. The van der Waals surface area contributed by atoms with Crippen LogP contribution in [0.1, 0.15) is 62.4 Å². The maximum atomic E-state index is 14.3. The predicted molar refractivity (Wildman–Crippen MR) is 161 cm³/mol. The number of para-hydroxylation sites is 1. The number of rotatable bonds is 10. The van der Waals surface area contributed by atoms with Crippen LogP contribution in [0.15, 0.2) is 72.8 Å². The highest BCUT2D eigenvalue weighted by Crippen LogP contribution is 2.28. The summed E-state index contributed by atoms with van der Waals surface area (Å²) in [5.74, 6) is -0.772. The van der Waals surface area contributed by atoms with Crippen molar-refractivity contribution < 1.29 is 24.2 Å². The summed E-state index contributed by atoms with van der Waals surface area (Å²) >= 11 is 0. The van der Waals surface area contributed by atoms with Crippen molar-refractivity contribution in [3.8, 4) is 5.75 Å². The highest BCUT2D eigenvalue weighted by atomic mass is 16.6. The zero-order valence-electron chi connectivity index (χ0n) is 24.7. The van der Waals surface area contributed by atoms with Gasteiger partial charge >= 0.3 is 6.09 Å². The van der Waals surface area contributed by atoms with Gasteiger partial charge in [-0.1, -0.05) is 67.6 Å². The van der Waals surface area contributed by atoms with Crippen molar-refractivity contribution in [1.29, 1.82) is 0 Å². The van der Waals surface area contributed by atoms with E-state index in [-0.39, 0.29) is 18.7 Å². The molecule has 0 saturated heterocycles. The normalized spacial score (nSPS) is 12.6. The second-order valence-electron chi connectivity index (χ2n) is 11.2. The number of benzene rings is 3. The smallest absolute Gasteiger partial charge is 0.408 e. The quantitative estimate of drug-likeness (QED) is 0.280. The molecule has 0 heterocycles. The highest BCUT2D eigenvalue weighted by Gasteiger charge is 2.36. The number of phenolic OH excluding ortho intramolecular Hbond substituents is 1. The molecule has 2 unspecified atom stereocenters. The van der Waals surface area contributed by atoms with Crippen molar-refractivity contribution in [2.75, 3.05) is 11.9 Å². The molecule has 41 heavy (non-hydrogen) atoms. The molecule has 0 fully saturated rings. The van der Waals surface area contributed by atoms with Crippen LogP contribution in [0.2, 0.25) is 0 Å². The number of aromatic hydroxyl groups is 1. The fraction of sp³-hybridized carbons (Fsp3) is 0.364. The number of nitrogens with zero attached hydrogens (tertiary/aromatic N) is 1. The Hall–Kier alpha value is -4.33. The summed E-state index contributed by atoms with van der Waals surface area (Å²) in [6, 6.07) is 19.3. The Labute approximate surface area is 242 Å². The van der Waals surface area contributed by atoms with Gasteiger partial charge < -0.3 is 25.4 Å². The third-order valence-electron chi connectivity index (χ3n) is 6.52. The van der Waals surface area contributed by atoms with Gasteiger partial charge in [-0.05, 0) is 75.4 Å². The number of hydrogen-bond donors (Lipinski definition) is 3. The van der Waals surface area contributed by atoms with E-state index in [2.05, 4.69) is 10.6 Å². The van der Waals surface area contributed by atoms with Gasteiger partial charge in [-0.3, -0.25) is 9.59 Å². The number of carbonyl (C=O) groups excluding carboxylic acids is 3. The van der Waals surface area contributed by atoms with Crippen LogP contribution in [0.25, 0.3) is 0 Å². The summed E-state index contributed by atoms with van der Waals surface area (Å²) in [4.78, 5) is 42.7. The van der Waals surface area contributed by atoms with E-state index in [1.807, 2.05) is 69.3 Å². The Morgan fingerprint density at radius 3 is 2.07 bits per heavy atom. The molecule has 0 radical (unpaired) electrons. The van der Waals surface area contributed by atoms with E-state index in [0.717, 1.165) is 16.7 Å². The predicted octanol–water partition coefficient (Wildman–Crippen LogP) is 6.06. The molecule has 218 valence electrons. The fourth-order valence-electron chi connectivity index (χ4n) is 4.64. The zero-order chi connectivity index (χ0) is 30.2. The Kier molecular flexibility index (Phi) is 10.5. The standard InChI is InChI=1S/C33H41N3O5/c1-7-20-36(31(39)27(21-24-14-9-8-10-15-24)34-32(40)41-33(4,5)6)29(25-16-18-26(37)19-17-25)30(38)35-28-22(2)12-11-13-23(28)3/h8-19,27,29,37H,7,20-21H2,1-6H3,(H,34,40)(H,35,38). The second-order valence-corrected chi connectivity index (χ2v) is 11.2. The highest BCUT2D eigenvalue weighted by molar-refractivity contribution is 6.00. The van der Waals surface area contributed by atoms with Crippen molar-refractivity contribution in [1.82, 2.24) is 10.2 Å². The van der Waals surface area contributed by atoms with Gasteiger partial charge in [0.15, 0.2) is 0 Å². The molecule has 3 aromatic rings. The molecule has 0 aliphatic heterocycles. The number of nitrogens with one attached hydrogen (secondary N) is 2. The van der Waals surface area contributed by atoms with Crippen LogP contribution in [0.3, 0.4) is 0 Å². The first-order valence-electron chi connectivity index (χ1n) is 13.9. The van der Waals surface area contributed by atoms with Crippen molar-refractivity contribution in [2.24, 2.45) is 0 Å². The first-order valence-corrected chi connectivity index (χ1v) is 13.9. The lowest BCUT2D eigenvalue weighted by Gasteiger charge is -2.34.